The van der Waals surface area contributed by atoms with Crippen LogP contribution in [0.4, 0.5) is 0 Å². The molecule has 0 amide bonds. The van der Waals surface area contributed by atoms with Crippen LogP contribution >= 0.6 is 0 Å². The normalized spacial score (nSPS) is 11.6. The fourth-order valence-electron chi connectivity index (χ4n) is 2.97. The number of aliphatic imine (C=N–C) groups is 1. The van der Waals surface area contributed by atoms with Gasteiger partial charge in [-0.2, -0.15) is 0 Å². The fourth-order valence-corrected chi connectivity index (χ4v) is 2.97. The third-order valence-corrected chi connectivity index (χ3v) is 4.62. The average Bonchev–Trinajstić information content (AvgIpc) is 2.76. The Labute approximate surface area is 187 Å². The van der Waals surface area contributed by atoms with Crippen molar-refractivity contribution in [2.24, 2.45) is 4.99 Å². The molecule has 0 aliphatic rings. The molecule has 0 saturated heterocycles. The van der Waals surface area contributed by atoms with Crippen LogP contribution in [0.25, 0.3) is 0 Å². The number of nitrogens with one attached hydrogen (secondary N) is 2. The summed E-state index contributed by atoms with van der Waals surface area (Å²) in [6.45, 7) is 11.9. The predicted octanol–water partition coefficient (Wildman–Crippen LogP) is 4.20. The summed E-state index contributed by atoms with van der Waals surface area (Å²) in [5.74, 6) is 1.62. The molecule has 0 radical (unpaired) electrons. The fraction of sp³-hybridized carbons (Fsp3) is 0.480. The van der Waals surface area contributed by atoms with Gasteiger partial charge in [-0.05, 0) is 50.5 Å². The average molecular weight is 428 g/mol. The zero-order valence-electron chi connectivity index (χ0n) is 19.5. The van der Waals surface area contributed by atoms with Crippen LogP contribution in [-0.4, -0.2) is 38.9 Å². The lowest BCUT2D eigenvalue weighted by Crippen LogP contribution is -2.36. The molecule has 0 saturated carbocycles. The number of rotatable bonds is 12. The van der Waals surface area contributed by atoms with E-state index in [0.717, 1.165) is 17.3 Å². The maximum atomic E-state index is 5.93. The molecule has 0 aliphatic carbocycles. The molecule has 0 atom stereocenters. The molecule has 0 spiro atoms. The number of benzene rings is 2. The lowest BCUT2D eigenvalue weighted by atomic mass is 10.1. The van der Waals surface area contributed by atoms with Crippen molar-refractivity contribution in [3.63, 3.8) is 0 Å². The Morgan fingerprint density at radius 1 is 1.00 bits per heavy atom. The van der Waals surface area contributed by atoms with Gasteiger partial charge in [-0.15, -0.1) is 0 Å². The highest BCUT2D eigenvalue weighted by atomic mass is 16.5. The van der Waals surface area contributed by atoms with Crippen molar-refractivity contribution >= 4 is 5.96 Å². The first-order chi connectivity index (χ1) is 15.0. The van der Waals surface area contributed by atoms with Crippen LogP contribution in [0.15, 0.2) is 47.5 Å². The molecule has 0 fully saturated rings. The van der Waals surface area contributed by atoms with Gasteiger partial charge in [0.25, 0.3) is 0 Å². The molecule has 0 aromatic heterocycles. The zero-order valence-corrected chi connectivity index (χ0v) is 19.5. The number of aryl methyl sites for hydroxylation is 1. The summed E-state index contributed by atoms with van der Waals surface area (Å²) < 4.78 is 17.0. The van der Waals surface area contributed by atoms with Crippen molar-refractivity contribution in [3.05, 3.63) is 64.7 Å². The molecule has 0 heterocycles. The number of hydrogen-bond donors (Lipinski definition) is 2. The van der Waals surface area contributed by atoms with E-state index < -0.39 is 0 Å². The molecule has 0 aliphatic heterocycles. The van der Waals surface area contributed by atoms with Gasteiger partial charge in [0.05, 0.1) is 19.3 Å². The van der Waals surface area contributed by atoms with Gasteiger partial charge in [-0.25, -0.2) is 0 Å². The quantitative estimate of drug-likeness (QED) is 0.302. The summed E-state index contributed by atoms with van der Waals surface area (Å²) in [5, 5.41) is 6.75. The highest BCUT2D eigenvalue weighted by Gasteiger charge is 2.07. The summed E-state index contributed by atoms with van der Waals surface area (Å²) in [7, 11) is 1.77. The van der Waals surface area contributed by atoms with E-state index in [0.29, 0.717) is 39.5 Å². The first kappa shape index (κ1) is 24.7. The smallest absolute Gasteiger partial charge is 0.191 e. The Bertz CT molecular complexity index is 821. The first-order valence-electron chi connectivity index (χ1n) is 11.0. The molecule has 0 unspecified atom stereocenters. The van der Waals surface area contributed by atoms with Gasteiger partial charge in [0.2, 0.25) is 0 Å². The molecular formula is C25H37N3O3. The standard InChI is InChI=1S/C25H37N3O3/c1-6-29-12-13-30-24-14-20(4)10-11-23(24)17-28-25(26-5)27-16-21-8-7-9-22(15-21)18-31-19(2)3/h7-11,14-15,19H,6,12-13,16-18H2,1-5H3,(H2,26,27,28). The lowest BCUT2D eigenvalue weighted by Gasteiger charge is -2.16. The molecule has 2 N–H and O–H groups in total. The van der Waals surface area contributed by atoms with Crippen molar-refractivity contribution in [2.75, 3.05) is 26.9 Å². The predicted molar refractivity (Wildman–Crippen MR) is 127 cm³/mol. The summed E-state index contributed by atoms with van der Waals surface area (Å²) in [4.78, 5) is 4.34. The second kappa shape index (κ2) is 13.7. The molecule has 2 aromatic rings. The summed E-state index contributed by atoms with van der Waals surface area (Å²) in [5.41, 5.74) is 4.60. The Balaban J connectivity index is 1.89. The van der Waals surface area contributed by atoms with Crippen LogP contribution in [0.1, 0.15) is 43.0 Å². The van der Waals surface area contributed by atoms with Gasteiger partial charge < -0.3 is 24.8 Å². The van der Waals surface area contributed by atoms with Gasteiger partial charge in [-0.1, -0.05) is 36.4 Å². The molecule has 2 rings (SSSR count). The van der Waals surface area contributed by atoms with E-state index >= 15 is 0 Å². The Morgan fingerprint density at radius 2 is 1.77 bits per heavy atom. The van der Waals surface area contributed by atoms with Crippen molar-refractivity contribution in [1.29, 1.82) is 0 Å². The minimum absolute atomic E-state index is 0.222. The maximum Gasteiger partial charge on any atom is 0.191 e. The van der Waals surface area contributed by atoms with Crippen molar-refractivity contribution in [3.8, 4) is 5.75 Å². The van der Waals surface area contributed by atoms with E-state index in [9.17, 15) is 0 Å². The number of guanidine groups is 1. The van der Waals surface area contributed by atoms with Crippen molar-refractivity contribution in [1.82, 2.24) is 10.6 Å². The summed E-state index contributed by atoms with van der Waals surface area (Å²) in [6, 6.07) is 14.6. The molecule has 2 aromatic carbocycles. The van der Waals surface area contributed by atoms with E-state index in [1.54, 1.807) is 7.05 Å². The monoisotopic (exact) mass is 427 g/mol. The van der Waals surface area contributed by atoms with Crippen LogP contribution in [0.3, 0.4) is 0 Å². The summed E-state index contributed by atoms with van der Waals surface area (Å²) in [6.07, 6.45) is 0.222. The SMILES string of the molecule is CCOCCOc1cc(C)ccc1CNC(=NC)NCc1cccc(COC(C)C)c1. The van der Waals surface area contributed by atoms with E-state index in [1.165, 1.54) is 16.7 Å². The van der Waals surface area contributed by atoms with Gasteiger partial charge in [-0.3, -0.25) is 4.99 Å². The van der Waals surface area contributed by atoms with Crippen LogP contribution in [0, 0.1) is 6.92 Å². The first-order valence-corrected chi connectivity index (χ1v) is 11.0. The lowest BCUT2D eigenvalue weighted by molar-refractivity contribution is 0.0657. The van der Waals surface area contributed by atoms with Crippen LogP contribution in [-0.2, 0) is 29.2 Å². The number of hydrogen-bond acceptors (Lipinski definition) is 4. The van der Waals surface area contributed by atoms with Gasteiger partial charge >= 0.3 is 0 Å². The van der Waals surface area contributed by atoms with Crippen LogP contribution in [0.5, 0.6) is 5.75 Å². The molecule has 170 valence electrons. The Hall–Kier alpha value is -2.57. The van der Waals surface area contributed by atoms with E-state index in [1.807, 2.05) is 20.8 Å². The minimum Gasteiger partial charge on any atom is -0.491 e. The molecule has 31 heavy (non-hydrogen) atoms. The van der Waals surface area contributed by atoms with Gasteiger partial charge in [0.1, 0.15) is 12.4 Å². The van der Waals surface area contributed by atoms with E-state index in [2.05, 4.69) is 65.0 Å². The maximum absolute atomic E-state index is 5.93. The molecular weight excluding hydrogens is 390 g/mol. The second-order valence-electron chi connectivity index (χ2n) is 7.62. The second-order valence-corrected chi connectivity index (χ2v) is 7.62. The molecule has 6 heteroatoms. The Morgan fingerprint density at radius 3 is 2.52 bits per heavy atom. The Kier molecular flexibility index (Phi) is 10.9. The summed E-state index contributed by atoms with van der Waals surface area (Å²) >= 11 is 0. The number of ether oxygens (including phenoxy) is 3. The van der Waals surface area contributed by atoms with Crippen LogP contribution in [0.2, 0.25) is 0 Å². The topological polar surface area (TPSA) is 64.1 Å². The van der Waals surface area contributed by atoms with Gasteiger partial charge in [0, 0.05) is 32.3 Å². The van der Waals surface area contributed by atoms with Crippen molar-refractivity contribution in [2.45, 2.75) is 53.5 Å². The highest BCUT2D eigenvalue weighted by molar-refractivity contribution is 5.79. The van der Waals surface area contributed by atoms with Crippen molar-refractivity contribution < 1.29 is 14.2 Å². The zero-order chi connectivity index (χ0) is 22.5. The molecule has 0 bridgehead atoms. The largest absolute Gasteiger partial charge is 0.491 e. The van der Waals surface area contributed by atoms with E-state index in [4.69, 9.17) is 14.2 Å². The number of nitrogens with zero attached hydrogens (tertiary/aromatic N) is 1. The van der Waals surface area contributed by atoms with Gasteiger partial charge in [0.15, 0.2) is 5.96 Å². The minimum atomic E-state index is 0.222. The van der Waals surface area contributed by atoms with E-state index in [-0.39, 0.29) is 6.10 Å². The molecule has 6 nitrogen and oxygen atoms in total. The highest BCUT2D eigenvalue weighted by Crippen LogP contribution is 2.20. The third kappa shape index (κ3) is 9.40. The van der Waals surface area contributed by atoms with Crippen LogP contribution < -0.4 is 15.4 Å². The third-order valence-electron chi connectivity index (χ3n) is 4.62.